The number of carbonyl (C=O) groups excluding carboxylic acids is 2. The molecule has 0 saturated heterocycles. The first kappa shape index (κ1) is 42.1. The van der Waals surface area contributed by atoms with Crippen LogP contribution in [0.15, 0.2) is 24.3 Å². The quantitative estimate of drug-likeness (QED) is 0.0471. The molecule has 0 fully saturated rings. The van der Waals surface area contributed by atoms with Gasteiger partial charge in [0, 0.05) is 0 Å². The Morgan fingerprint density at radius 3 is 1.33 bits per heavy atom. The molecule has 43 heavy (non-hydrogen) atoms. The fourth-order valence-corrected chi connectivity index (χ4v) is 5.76. The Balaban J connectivity index is 0.0000176. The fourth-order valence-electron chi connectivity index (χ4n) is 5.15. The van der Waals surface area contributed by atoms with E-state index < -0.39 is 27.5 Å². The van der Waals surface area contributed by atoms with Gasteiger partial charge in [-0.15, -0.1) is 0 Å². The molecule has 1 aromatic carbocycles. The summed E-state index contributed by atoms with van der Waals surface area (Å²) in [7, 11) is -4.80. The van der Waals surface area contributed by atoms with Crippen LogP contribution >= 0.6 is 0 Å². The van der Waals surface area contributed by atoms with E-state index >= 15 is 0 Å². The second kappa shape index (κ2) is 27.4. The van der Waals surface area contributed by atoms with Crippen molar-refractivity contribution in [1.29, 1.82) is 0 Å². The molecular weight excluding hydrogens is 575 g/mol. The Hall–Kier alpha value is -0.930. The summed E-state index contributed by atoms with van der Waals surface area (Å²) in [6.45, 7) is 3.94. The molecule has 242 valence electrons. The van der Waals surface area contributed by atoms with Crippen LogP contribution in [0.3, 0.4) is 0 Å². The van der Waals surface area contributed by atoms with Crippen molar-refractivity contribution in [2.45, 2.75) is 161 Å². The summed E-state index contributed by atoms with van der Waals surface area (Å²) in [5, 5.41) is 0. The van der Waals surface area contributed by atoms with Crippen molar-refractivity contribution < 1.29 is 61.6 Å². The zero-order valence-electron chi connectivity index (χ0n) is 27.4. The van der Waals surface area contributed by atoms with Gasteiger partial charge in [-0.1, -0.05) is 154 Å². The Bertz CT molecular complexity index is 952. The molecule has 0 aliphatic rings. The summed E-state index contributed by atoms with van der Waals surface area (Å²) >= 11 is 0. The number of carbonyl (C=O) groups is 2. The number of benzene rings is 1. The molecule has 0 bridgehead atoms. The third kappa shape index (κ3) is 21.4. The van der Waals surface area contributed by atoms with Crippen LogP contribution < -0.4 is 29.6 Å². The number of ether oxygens (including phenoxy) is 2. The van der Waals surface area contributed by atoms with Crippen LogP contribution in [0, 0.1) is 0 Å². The molecule has 1 rings (SSSR count). The molecule has 7 nitrogen and oxygen atoms in total. The van der Waals surface area contributed by atoms with Crippen LogP contribution in [0.1, 0.15) is 176 Å². The fraction of sp³-hybridized carbons (Fsp3) is 0.765. The van der Waals surface area contributed by atoms with Crippen LogP contribution in [0.2, 0.25) is 0 Å². The third-order valence-electron chi connectivity index (χ3n) is 7.74. The van der Waals surface area contributed by atoms with E-state index in [2.05, 4.69) is 6.92 Å². The Morgan fingerprint density at radius 1 is 0.628 bits per heavy atom. The molecule has 0 aromatic heterocycles. The molecule has 0 N–H and O–H groups in total. The number of hydrogen-bond acceptors (Lipinski definition) is 7. The summed E-state index contributed by atoms with van der Waals surface area (Å²) in [5.41, 5.74) is -1.93. The van der Waals surface area contributed by atoms with Crippen LogP contribution in [0.25, 0.3) is 0 Å². The molecular formula is C34H57NaO7S. The Kier molecular flexibility index (Phi) is 26.8. The number of hydrogen-bond donors (Lipinski definition) is 0. The maximum Gasteiger partial charge on any atom is 1.00 e. The van der Waals surface area contributed by atoms with E-state index in [0.29, 0.717) is 0 Å². The van der Waals surface area contributed by atoms with Crippen molar-refractivity contribution in [3.05, 3.63) is 35.4 Å². The normalized spacial score (nSPS) is 12.0. The van der Waals surface area contributed by atoms with Gasteiger partial charge in [0.15, 0.2) is 5.44 Å². The van der Waals surface area contributed by atoms with E-state index in [1.54, 1.807) is 6.07 Å². The molecule has 0 radical (unpaired) electrons. The molecule has 9 heteroatoms. The summed E-state index contributed by atoms with van der Waals surface area (Å²) in [4.78, 5) is 24.9. The van der Waals surface area contributed by atoms with Gasteiger partial charge < -0.3 is 14.0 Å². The molecule has 0 heterocycles. The van der Waals surface area contributed by atoms with Gasteiger partial charge >= 0.3 is 41.5 Å². The SMILES string of the molecule is CCCCCCCCCCCCCCCCCCCCCCCOC(=O)c1ccccc1C(=O)OC(CC)S(=O)(=O)[O-].[Na+]. The zero-order chi connectivity index (χ0) is 30.9. The maximum atomic E-state index is 12.5. The second-order valence-corrected chi connectivity index (χ2v) is 13.0. The average molecular weight is 633 g/mol. The minimum atomic E-state index is -4.80. The van der Waals surface area contributed by atoms with E-state index in [4.69, 9.17) is 9.47 Å². The van der Waals surface area contributed by atoms with Gasteiger partial charge in [0.1, 0.15) is 10.1 Å². The van der Waals surface area contributed by atoms with Crippen LogP contribution in [0.5, 0.6) is 0 Å². The molecule has 1 atom stereocenters. The number of unbranched alkanes of at least 4 members (excludes halogenated alkanes) is 20. The summed E-state index contributed by atoms with van der Waals surface area (Å²) in [5.74, 6) is -1.71. The predicted octanol–water partition coefficient (Wildman–Crippen LogP) is 6.50. The van der Waals surface area contributed by atoms with Crippen LogP contribution in [-0.2, 0) is 19.6 Å². The second-order valence-electron chi connectivity index (χ2n) is 11.5. The molecule has 0 saturated carbocycles. The van der Waals surface area contributed by atoms with E-state index in [-0.39, 0.29) is 53.7 Å². The molecule has 0 aliphatic carbocycles. The first-order valence-corrected chi connectivity index (χ1v) is 18.2. The van der Waals surface area contributed by atoms with Gasteiger partial charge in [0.25, 0.3) is 0 Å². The molecule has 0 spiro atoms. The van der Waals surface area contributed by atoms with Crippen molar-refractivity contribution in [2.75, 3.05) is 6.61 Å². The van der Waals surface area contributed by atoms with Gasteiger partial charge in [-0.3, -0.25) is 0 Å². The van der Waals surface area contributed by atoms with E-state index in [0.717, 1.165) is 19.3 Å². The smallest absolute Gasteiger partial charge is 0.745 e. The molecule has 1 aromatic rings. The Labute approximate surface area is 284 Å². The summed E-state index contributed by atoms with van der Waals surface area (Å²) < 4.78 is 43.9. The number of esters is 2. The number of rotatable bonds is 27. The average Bonchev–Trinajstić information content (AvgIpc) is 2.97. The van der Waals surface area contributed by atoms with Crippen molar-refractivity contribution in [3.8, 4) is 0 Å². The summed E-state index contributed by atoms with van der Waals surface area (Å²) in [6.07, 6.45) is 27.2. The first-order chi connectivity index (χ1) is 20.3. The van der Waals surface area contributed by atoms with Crippen molar-refractivity contribution in [2.24, 2.45) is 0 Å². The van der Waals surface area contributed by atoms with Crippen LogP contribution in [-0.4, -0.2) is 37.0 Å². The van der Waals surface area contributed by atoms with E-state index in [9.17, 15) is 22.6 Å². The zero-order valence-corrected chi connectivity index (χ0v) is 30.2. The van der Waals surface area contributed by atoms with Gasteiger partial charge in [0.2, 0.25) is 0 Å². The van der Waals surface area contributed by atoms with Gasteiger partial charge in [-0.2, -0.15) is 0 Å². The first-order valence-electron chi connectivity index (χ1n) is 16.7. The van der Waals surface area contributed by atoms with Gasteiger partial charge in [0.05, 0.1) is 17.7 Å². The van der Waals surface area contributed by atoms with Crippen LogP contribution in [0.4, 0.5) is 0 Å². The monoisotopic (exact) mass is 632 g/mol. The van der Waals surface area contributed by atoms with E-state index in [1.165, 1.54) is 141 Å². The Morgan fingerprint density at radius 2 is 0.977 bits per heavy atom. The minimum absolute atomic E-state index is 0. The largest absolute Gasteiger partial charge is 1.00 e. The molecule has 0 amide bonds. The summed E-state index contributed by atoms with van der Waals surface area (Å²) in [6, 6.07) is 5.87. The van der Waals surface area contributed by atoms with E-state index in [1.807, 2.05) is 0 Å². The molecule has 1 unspecified atom stereocenters. The van der Waals surface area contributed by atoms with Crippen molar-refractivity contribution in [1.82, 2.24) is 0 Å². The minimum Gasteiger partial charge on any atom is -0.745 e. The van der Waals surface area contributed by atoms with Gasteiger partial charge in [-0.05, 0) is 25.0 Å². The predicted molar refractivity (Wildman–Crippen MR) is 169 cm³/mol. The topological polar surface area (TPSA) is 110 Å². The maximum absolute atomic E-state index is 12.5. The standard InChI is InChI=1S/C34H58O7S.Na/c1-3-5-6-7-8-9-10-11-12-13-14-15-16-17-18-19-20-21-22-23-26-29-40-33(35)30-27-24-25-28-31(30)34(36)41-32(4-2)42(37,38)39;/h24-25,27-28,32H,3-23,26,29H2,1-2H3,(H,37,38,39);/q;+1/p-1. The third-order valence-corrected chi connectivity index (χ3v) is 8.82. The van der Waals surface area contributed by atoms with Crippen molar-refractivity contribution in [3.63, 3.8) is 0 Å². The van der Waals surface area contributed by atoms with Crippen molar-refractivity contribution >= 4 is 22.1 Å². The molecule has 0 aliphatic heterocycles. The van der Waals surface area contributed by atoms with Gasteiger partial charge in [-0.25, -0.2) is 18.0 Å².